The Balaban J connectivity index is 1.33. The van der Waals surface area contributed by atoms with E-state index in [0.29, 0.717) is 17.1 Å². The third-order valence-electron chi connectivity index (χ3n) is 7.66. The summed E-state index contributed by atoms with van der Waals surface area (Å²) in [5, 5.41) is 1.51. The highest BCUT2D eigenvalue weighted by Gasteiger charge is 2.33. The van der Waals surface area contributed by atoms with E-state index >= 15 is 4.39 Å². The van der Waals surface area contributed by atoms with Gasteiger partial charge in [-0.25, -0.2) is 4.39 Å². The lowest BCUT2D eigenvalue weighted by Crippen LogP contribution is -2.39. The van der Waals surface area contributed by atoms with Crippen molar-refractivity contribution in [3.63, 3.8) is 0 Å². The summed E-state index contributed by atoms with van der Waals surface area (Å²) in [5.74, 6) is 6.32. The van der Waals surface area contributed by atoms with E-state index in [1.54, 1.807) is 10.8 Å². The molecule has 0 saturated carbocycles. The zero-order valence-electron chi connectivity index (χ0n) is 20.8. The van der Waals surface area contributed by atoms with Crippen LogP contribution < -0.4 is 5.56 Å². The number of likely N-dealkylation sites (tertiary alicyclic amines) is 2. The molecular formula is C30H36FN3O. The van der Waals surface area contributed by atoms with E-state index < -0.39 is 6.17 Å². The number of rotatable bonds is 4. The van der Waals surface area contributed by atoms with E-state index in [1.807, 2.05) is 36.4 Å². The van der Waals surface area contributed by atoms with Gasteiger partial charge in [0.25, 0.3) is 5.56 Å². The van der Waals surface area contributed by atoms with Crippen LogP contribution in [0.4, 0.5) is 4.39 Å². The number of allylic oxidation sites excluding steroid dienone is 4. The van der Waals surface area contributed by atoms with Gasteiger partial charge in [0.1, 0.15) is 6.17 Å². The first kappa shape index (κ1) is 23.9. The van der Waals surface area contributed by atoms with Crippen LogP contribution in [0.1, 0.15) is 63.9 Å². The number of aromatic nitrogens is 1. The van der Waals surface area contributed by atoms with Crippen LogP contribution in [0.3, 0.4) is 0 Å². The first-order valence-corrected chi connectivity index (χ1v) is 13.3. The Bertz CT molecular complexity index is 1240. The predicted octanol–water partition coefficient (Wildman–Crippen LogP) is 5.57. The first-order chi connectivity index (χ1) is 17.1. The molecule has 1 aliphatic carbocycles. The minimum Gasteiger partial charge on any atom is -0.371 e. The van der Waals surface area contributed by atoms with Crippen LogP contribution >= 0.6 is 0 Å². The number of halogens is 1. The zero-order valence-corrected chi connectivity index (χ0v) is 20.8. The van der Waals surface area contributed by atoms with E-state index in [9.17, 15) is 4.79 Å². The highest BCUT2D eigenvalue weighted by Crippen LogP contribution is 2.31. The fourth-order valence-electron chi connectivity index (χ4n) is 5.70. The predicted molar refractivity (Wildman–Crippen MR) is 142 cm³/mol. The maximum atomic E-state index is 15.4. The van der Waals surface area contributed by atoms with Crippen LogP contribution in [0, 0.1) is 11.8 Å². The molecule has 5 rings (SSSR count). The summed E-state index contributed by atoms with van der Waals surface area (Å²) in [7, 11) is 0. The van der Waals surface area contributed by atoms with Gasteiger partial charge in [-0.1, -0.05) is 31.6 Å². The lowest BCUT2D eigenvalue weighted by molar-refractivity contribution is 0.200. The van der Waals surface area contributed by atoms with Crippen molar-refractivity contribution < 1.29 is 4.39 Å². The third kappa shape index (κ3) is 5.23. The van der Waals surface area contributed by atoms with Gasteiger partial charge in [-0.15, -0.1) is 0 Å². The molecule has 5 heteroatoms. The van der Waals surface area contributed by atoms with E-state index in [-0.39, 0.29) is 12.0 Å². The highest BCUT2D eigenvalue weighted by molar-refractivity contribution is 5.83. The molecule has 0 bridgehead atoms. The normalized spacial score (nSPS) is 23.4. The zero-order chi connectivity index (χ0) is 24.2. The fourth-order valence-corrected chi connectivity index (χ4v) is 5.70. The molecular weight excluding hydrogens is 437 g/mol. The minimum atomic E-state index is -1.09. The van der Waals surface area contributed by atoms with Crippen LogP contribution in [-0.4, -0.2) is 52.8 Å². The van der Waals surface area contributed by atoms with Gasteiger partial charge in [0.15, 0.2) is 0 Å². The fraction of sp³-hybridized carbons (Fsp3) is 0.500. The van der Waals surface area contributed by atoms with Crippen molar-refractivity contribution in [3.05, 3.63) is 64.2 Å². The Labute approximate surface area is 208 Å². The number of pyridine rings is 1. The average Bonchev–Trinajstić information content (AvgIpc) is 3.19. The maximum Gasteiger partial charge on any atom is 0.262 e. The summed E-state index contributed by atoms with van der Waals surface area (Å²) in [6, 6.07) is 8.17. The van der Waals surface area contributed by atoms with Gasteiger partial charge in [-0.05, 0) is 80.6 Å². The first-order valence-electron chi connectivity index (χ1n) is 13.3. The molecule has 0 radical (unpaired) electrons. The third-order valence-corrected chi connectivity index (χ3v) is 7.66. The van der Waals surface area contributed by atoms with Gasteiger partial charge < -0.3 is 4.90 Å². The molecule has 2 unspecified atom stereocenters. The molecule has 0 spiro atoms. The molecule has 1 aromatic heterocycles. The molecule has 0 N–H and O–H groups in total. The quantitative estimate of drug-likeness (QED) is 0.544. The second-order valence-corrected chi connectivity index (χ2v) is 10.1. The van der Waals surface area contributed by atoms with Crippen molar-refractivity contribution in [1.82, 2.24) is 14.4 Å². The summed E-state index contributed by atoms with van der Waals surface area (Å²) in [6.45, 7) is 6.29. The topological polar surface area (TPSA) is 28.5 Å². The second kappa shape index (κ2) is 10.8. The van der Waals surface area contributed by atoms with Crippen molar-refractivity contribution >= 4 is 16.5 Å². The number of hydrogen-bond donors (Lipinski definition) is 0. The van der Waals surface area contributed by atoms with Crippen molar-refractivity contribution in [3.8, 4) is 11.8 Å². The van der Waals surface area contributed by atoms with Crippen molar-refractivity contribution in [2.24, 2.45) is 0 Å². The Kier molecular flexibility index (Phi) is 7.39. The Morgan fingerprint density at radius 1 is 1.06 bits per heavy atom. The number of unbranched alkanes of at least 4 members (excludes halogenated alkanes) is 1. The summed E-state index contributed by atoms with van der Waals surface area (Å²) < 4.78 is 17.0. The lowest BCUT2D eigenvalue weighted by atomic mass is 10.0. The monoisotopic (exact) mass is 473 g/mol. The SMILES string of the molecule is CCCC#Cc1ccc2c(=O)n(C3=CC=C(N4CCC(N5CCCCCC5)C4)C(F)C3)ccc2c1. The van der Waals surface area contributed by atoms with Crippen LogP contribution in [0.2, 0.25) is 0 Å². The van der Waals surface area contributed by atoms with Gasteiger partial charge in [-0.2, -0.15) is 0 Å². The Hall–Kier alpha value is -2.84. The molecule has 1 aromatic carbocycles. The lowest BCUT2D eigenvalue weighted by Gasteiger charge is -2.30. The summed E-state index contributed by atoms with van der Waals surface area (Å²) in [6.07, 6.45) is 13.0. The highest BCUT2D eigenvalue weighted by atomic mass is 19.1. The molecule has 2 atom stereocenters. The van der Waals surface area contributed by atoms with Crippen LogP contribution in [-0.2, 0) is 0 Å². The van der Waals surface area contributed by atoms with Gasteiger partial charge in [0.05, 0.1) is 0 Å². The average molecular weight is 474 g/mol. The Morgan fingerprint density at radius 2 is 1.89 bits per heavy atom. The van der Waals surface area contributed by atoms with Gasteiger partial charge in [0.2, 0.25) is 0 Å². The Morgan fingerprint density at radius 3 is 2.66 bits per heavy atom. The van der Waals surface area contributed by atoms with Crippen LogP contribution in [0.5, 0.6) is 0 Å². The van der Waals surface area contributed by atoms with Crippen molar-refractivity contribution in [1.29, 1.82) is 0 Å². The molecule has 2 saturated heterocycles. The minimum absolute atomic E-state index is 0.103. The van der Waals surface area contributed by atoms with E-state index in [2.05, 4.69) is 28.6 Å². The second-order valence-electron chi connectivity index (χ2n) is 10.1. The molecule has 35 heavy (non-hydrogen) atoms. The van der Waals surface area contributed by atoms with Gasteiger partial charge in [-0.3, -0.25) is 14.3 Å². The van der Waals surface area contributed by atoms with Crippen molar-refractivity contribution in [2.45, 2.75) is 70.5 Å². The molecule has 2 fully saturated rings. The van der Waals surface area contributed by atoms with E-state index in [0.717, 1.165) is 49.0 Å². The standard InChI is InChI=1S/C30H36FN3O/c1-2-3-6-9-23-10-12-27-24(20-23)14-19-34(30(27)35)25-11-13-29(28(31)21-25)33-18-15-26(22-33)32-16-7-4-5-8-17-32/h10-14,19-20,26,28H,2-5,7-8,15-18,21-22H2,1H3. The maximum absolute atomic E-state index is 15.4. The summed E-state index contributed by atoms with van der Waals surface area (Å²) >= 11 is 0. The number of alkyl halides is 1. The molecule has 3 aliphatic rings. The molecule has 184 valence electrons. The number of nitrogens with zero attached hydrogens (tertiary/aromatic N) is 3. The van der Waals surface area contributed by atoms with Gasteiger partial charge >= 0.3 is 0 Å². The smallest absolute Gasteiger partial charge is 0.262 e. The van der Waals surface area contributed by atoms with Crippen molar-refractivity contribution in [2.75, 3.05) is 26.2 Å². The summed E-state index contributed by atoms with van der Waals surface area (Å²) in [4.78, 5) is 18.1. The molecule has 0 amide bonds. The van der Waals surface area contributed by atoms with E-state index in [4.69, 9.17) is 0 Å². The largest absolute Gasteiger partial charge is 0.371 e. The van der Waals surface area contributed by atoms with Gasteiger partial charge in [0, 0.05) is 60.5 Å². The summed E-state index contributed by atoms with van der Waals surface area (Å²) in [5.41, 5.74) is 2.30. The van der Waals surface area contributed by atoms with Crippen LogP contribution in [0.25, 0.3) is 16.5 Å². The molecule has 2 aliphatic heterocycles. The van der Waals surface area contributed by atoms with E-state index in [1.165, 1.54) is 38.8 Å². The number of benzene rings is 1. The molecule has 3 heterocycles. The number of fused-ring (bicyclic) bond motifs is 1. The molecule has 4 nitrogen and oxygen atoms in total. The molecule has 2 aromatic rings. The van der Waals surface area contributed by atoms with Crippen LogP contribution in [0.15, 0.2) is 53.1 Å². The number of hydrogen-bond acceptors (Lipinski definition) is 3.